The molecule has 2 N–H and O–H groups in total. The number of benzene rings is 2. The lowest BCUT2D eigenvalue weighted by Gasteiger charge is -2.12. The molecule has 0 saturated heterocycles. The molecule has 0 saturated carbocycles. The van der Waals surface area contributed by atoms with Crippen molar-refractivity contribution in [3.8, 4) is 5.75 Å². The molecular formula is C32H46BrN3O2S. The quantitative estimate of drug-likeness (QED) is 0.134. The summed E-state index contributed by atoms with van der Waals surface area (Å²) in [4.78, 5) is 14.0. The topological polar surface area (TPSA) is 54.2 Å². The van der Waals surface area contributed by atoms with Crippen LogP contribution in [-0.4, -0.2) is 12.6 Å². The number of halogens is 1. The van der Waals surface area contributed by atoms with Crippen molar-refractivity contribution < 1.29 is 31.1 Å². The van der Waals surface area contributed by atoms with E-state index in [-0.39, 0.29) is 23.0 Å². The van der Waals surface area contributed by atoms with Crippen molar-refractivity contribution in [2.75, 3.05) is 17.2 Å². The molecule has 214 valence electrons. The van der Waals surface area contributed by atoms with E-state index in [9.17, 15) is 4.79 Å². The second-order valence-electron chi connectivity index (χ2n) is 10.1. The molecule has 2 amide bonds. The summed E-state index contributed by atoms with van der Waals surface area (Å²) in [6.45, 7) is 5.79. The van der Waals surface area contributed by atoms with Crippen molar-refractivity contribution in [2.45, 2.75) is 97.4 Å². The summed E-state index contributed by atoms with van der Waals surface area (Å²) >= 11 is 1.71. The van der Waals surface area contributed by atoms with Crippen molar-refractivity contribution >= 4 is 28.7 Å². The summed E-state index contributed by atoms with van der Waals surface area (Å²) in [7, 11) is 0. The van der Waals surface area contributed by atoms with Crippen molar-refractivity contribution in [1.82, 2.24) is 0 Å². The SMILES string of the molecule is CCCCCCCCCCCCCCOc1cccc(NC(=O)Nc2ccccc2C[n+]2csc(C)c2)c1.[Br-]. The average molecular weight is 617 g/mol. The van der Waals surface area contributed by atoms with Crippen LogP contribution >= 0.6 is 11.3 Å². The van der Waals surface area contributed by atoms with Gasteiger partial charge in [0.05, 0.1) is 17.2 Å². The molecule has 0 aliphatic rings. The number of nitrogens with zero attached hydrogens (tertiary/aromatic N) is 1. The number of hydrogen-bond donors (Lipinski definition) is 2. The predicted molar refractivity (Wildman–Crippen MR) is 160 cm³/mol. The lowest BCUT2D eigenvalue weighted by atomic mass is 10.1. The zero-order valence-electron chi connectivity index (χ0n) is 23.7. The zero-order chi connectivity index (χ0) is 26.8. The van der Waals surface area contributed by atoms with E-state index < -0.39 is 0 Å². The van der Waals surface area contributed by atoms with Crippen LogP contribution in [0.3, 0.4) is 0 Å². The number of aromatic nitrogens is 1. The van der Waals surface area contributed by atoms with E-state index in [0.29, 0.717) is 13.2 Å². The number of ether oxygens (including phenoxy) is 1. The van der Waals surface area contributed by atoms with Gasteiger partial charge in [-0.1, -0.05) is 113 Å². The first-order chi connectivity index (χ1) is 18.6. The molecule has 3 rings (SSSR count). The van der Waals surface area contributed by atoms with E-state index in [1.165, 1.54) is 75.5 Å². The molecule has 0 atom stereocenters. The van der Waals surface area contributed by atoms with Gasteiger partial charge in [0.1, 0.15) is 5.75 Å². The third-order valence-corrected chi connectivity index (χ3v) is 7.55. The fourth-order valence-corrected chi connectivity index (χ4v) is 5.22. The van der Waals surface area contributed by atoms with Crippen molar-refractivity contribution in [2.24, 2.45) is 0 Å². The van der Waals surface area contributed by atoms with E-state index in [1.807, 2.05) is 48.5 Å². The number of carbonyl (C=O) groups is 1. The minimum atomic E-state index is -0.262. The molecule has 0 bridgehead atoms. The first kappa shape index (κ1) is 32.8. The van der Waals surface area contributed by atoms with Gasteiger partial charge in [-0.3, -0.25) is 0 Å². The number of amides is 2. The summed E-state index contributed by atoms with van der Waals surface area (Å²) in [6, 6.07) is 15.3. The summed E-state index contributed by atoms with van der Waals surface area (Å²) in [5, 5.41) is 5.94. The normalized spacial score (nSPS) is 10.6. The lowest BCUT2D eigenvalue weighted by Crippen LogP contribution is -3.00. The molecule has 39 heavy (non-hydrogen) atoms. The van der Waals surface area contributed by atoms with E-state index in [2.05, 4.69) is 40.8 Å². The molecule has 1 heterocycles. The molecule has 0 unspecified atom stereocenters. The highest BCUT2D eigenvalue weighted by Crippen LogP contribution is 2.20. The predicted octanol–water partition coefficient (Wildman–Crippen LogP) is 6.12. The third-order valence-electron chi connectivity index (χ3n) is 6.70. The number of hydrogen-bond acceptors (Lipinski definition) is 3. The first-order valence-corrected chi connectivity index (χ1v) is 15.3. The Kier molecular flexibility index (Phi) is 16.5. The number of urea groups is 1. The van der Waals surface area contributed by atoms with Crippen molar-refractivity contribution in [3.05, 3.63) is 70.7 Å². The Morgan fingerprint density at radius 2 is 1.51 bits per heavy atom. The van der Waals surface area contributed by atoms with E-state index in [1.54, 1.807) is 11.3 Å². The van der Waals surface area contributed by atoms with Gasteiger partial charge in [0.2, 0.25) is 5.51 Å². The molecule has 0 radical (unpaired) electrons. The average Bonchev–Trinajstić information content (AvgIpc) is 3.32. The van der Waals surface area contributed by atoms with Crippen LogP contribution in [0.15, 0.2) is 60.2 Å². The van der Waals surface area contributed by atoms with E-state index in [4.69, 9.17) is 4.74 Å². The number of thiazole rings is 1. The van der Waals surface area contributed by atoms with Gasteiger partial charge in [-0.25, -0.2) is 4.79 Å². The molecule has 3 aromatic rings. The van der Waals surface area contributed by atoms with Crippen LogP contribution in [0.5, 0.6) is 5.75 Å². The Morgan fingerprint density at radius 3 is 2.18 bits per heavy atom. The number of nitrogens with one attached hydrogen (secondary N) is 2. The maximum atomic E-state index is 12.7. The number of carbonyl (C=O) groups excluding carboxylic acids is 1. The smallest absolute Gasteiger partial charge is 0.323 e. The van der Waals surface area contributed by atoms with Crippen LogP contribution in [0.2, 0.25) is 0 Å². The third kappa shape index (κ3) is 13.5. The summed E-state index contributed by atoms with van der Waals surface area (Å²) < 4.78 is 8.09. The second-order valence-corrected chi connectivity index (χ2v) is 11.2. The van der Waals surface area contributed by atoms with Gasteiger partial charge in [0.15, 0.2) is 12.7 Å². The largest absolute Gasteiger partial charge is 1.00 e. The Balaban J connectivity index is 0.00000533. The first-order valence-electron chi connectivity index (χ1n) is 14.5. The van der Waals surface area contributed by atoms with Crippen LogP contribution in [0.4, 0.5) is 16.2 Å². The molecular weight excluding hydrogens is 570 g/mol. The Labute approximate surface area is 250 Å². The van der Waals surface area contributed by atoms with Crippen molar-refractivity contribution in [1.29, 1.82) is 0 Å². The highest BCUT2D eigenvalue weighted by molar-refractivity contribution is 7.09. The van der Waals surface area contributed by atoms with Crippen LogP contribution in [0.25, 0.3) is 0 Å². The van der Waals surface area contributed by atoms with Gasteiger partial charge < -0.3 is 32.4 Å². The number of unbranched alkanes of at least 4 members (excludes halogenated alkanes) is 11. The van der Waals surface area contributed by atoms with E-state index >= 15 is 0 Å². The number of rotatable bonds is 18. The fourth-order valence-electron chi connectivity index (χ4n) is 4.59. The molecule has 0 fully saturated rings. The standard InChI is InChI=1S/C32H45N3O2S.BrH/c1-3-4-5-6-7-8-9-10-11-12-13-16-22-37-30-20-17-19-29(23-30)33-32(36)34-31-21-15-14-18-28(31)25-35-24-27(2)38-26-35;/h14-15,17-21,23-24,26H,3-13,16,22,25H2,1-2H3,(H-,33,34,36);1H. The molecule has 0 aliphatic carbocycles. The van der Waals surface area contributed by atoms with Gasteiger partial charge in [-0.15, -0.1) is 0 Å². The van der Waals surface area contributed by atoms with Gasteiger partial charge in [0, 0.05) is 17.3 Å². The number of aryl methyl sites for hydroxylation is 1. The monoisotopic (exact) mass is 615 g/mol. The maximum absolute atomic E-state index is 12.7. The molecule has 2 aromatic carbocycles. The van der Waals surface area contributed by atoms with Gasteiger partial charge in [-0.2, -0.15) is 4.57 Å². The Morgan fingerprint density at radius 1 is 0.846 bits per heavy atom. The Bertz CT molecular complexity index is 1090. The van der Waals surface area contributed by atoms with E-state index in [0.717, 1.165) is 29.1 Å². The number of anilines is 2. The second kappa shape index (κ2) is 19.6. The zero-order valence-corrected chi connectivity index (χ0v) is 26.1. The molecule has 0 spiro atoms. The van der Waals surface area contributed by atoms with Crippen LogP contribution in [0, 0.1) is 6.92 Å². The number of para-hydroxylation sites is 1. The molecule has 0 aliphatic heterocycles. The maximum Gasteiger partial charge on any atom is 0.323 e. The summed E-state index contributed by atoms with van der Waals surface area (Å²) in [6.07, 6.45) is 18.1. The van der Waals surface area contributed by atoms with Crippen molar-refractivity contribution in [3.63, 3.8) is 0 Å². The molecule has 1 aromatic heterocycles. The lowest BCUT2D eigenvalue weighted by molar-refractivity contribution is -0.683. The van der Waals surface area contributed by atoms with Gasteiger partial charge >= 0.3 is 6.03 Å². The minimum Gasteiger partial charge on any atom is -1.00 e. The van der Waals surface area contributed by atoms with Gasteiger partial charge in [-0.05, 0) is 31.5 Å². The van der Waals surface area contributed by atoms with Crippen LogP contribution < -0.4 is 36.9 Å². The van der Waals surface area contributed by atoms with Crippen LogP contribution in [0.1, 0.15) is 94.4 Å². The molecule has 5 nitrogen and oxygen atoms in total. The highest BCUT2D eigenvalue weighted by Gasteiger charge is 2.12. The van der Waals surface area contributed by atoms with Crippen LogP contribution in [-0.2, 0) is 6.54 Å². The van der Waals surface area contributed by atoms with Gasteiger partial charge in [0.25, 0.3) is 0 Å². The minimum absolute atomic E-state index is 0. The molecule has 7 heteroatoms. The fraction of sp³-hybridized carbons (Fsp3) is 0.500. The highest BCUT2D eigenvalue weighted by atomic mass is 79.9. The summed E-state index contributed by atoms with van der Waals surface area (Å²) in [5.41, 5.74) is 4.68. The summed E-state index contributed by atoms with van der Waals surface area (Å²) in [5.74, 6) is 0.788. The Hall–Kier alpha value is -2.38.